The summed E-state index contributed by atoms with van der Waals surface area (Å²) in [5, 5.41) is 2.92. The molecule has 0 aromatic heterocycles. The molecule has 1 saturated heterocycles. The number of hydrogen-bond acceptors (Lipinski definition) is 3. The summed E-state index contributed by atoms with van der Waals surface area (Å²) in [6.07, 6.45) is 5.86. The fourth-order valence-corrected chi connectivity index (χ4v) is 3.61. The van der Waals surface area contributed by atoms with Crippen LogP contribution in [0.5, 0.6) is 5.75 Å². The number of ether oxygens (including phenoxy) is 1. The van der Waals surface area contributed by atoms with Crippen molar-refractivity contribution in [3.63, 3.8) is 0 Å². The molecule has 2 amide bonds. The van der Waals surface area contributed by atoms with Gasteiger partial charge in [0.05, 0.1) is 7.11 Å². The first-order valence-corrected chi connectivity index (χ1v) is 8.44. The van der Waals surface area contributed by atoms with Crippen molar-refractivity contribution in [1.82, 2.24) is 4.90 Å². The van der Waals surface area contributed by atoms with Crippen LogP contribution in [0.25, 0.3) is 0 Å². The summed E-state index contributed by atoms with van der Waals surface area (Å²) in [6.45, 7) is 0.704. The van der Waals surface area contributed by atoms with Crippen LogP contribution in [0.3, 0.4) is 0 Å². The molecule has 1 N–H and O–H groups in total. The van der Waals surface area contributed by atoms with Crippen LogP contribution in [0.2, 0.25) is 0 Å². The Labute approximate surface area is 137 Å². The maximum absolute atomic E-state index is 12.6. The van der Waals surface area contributed by atoms with Gasteiger partial charge < -0.3 is 15.0 Å². The Hall–Kier alpha value is -2.04. The molecule has 1 heterocycles. The van der Waals surface area contributed by atoms with Gasteiger partial charge in [-0.25, -0.2) is 0 Å². The number of anilines is 1. The van der Waals surface area contributed by atoms with E-state index in [4.69, 9.17) is 4.74 Å². The van der Waals surface area contributed by atoms with Crippen LogP contribution < -0.4 is 10.1 Å². The maximum Gasteiger partial charge on any atom is 0.247 e. The van der Waals surface area contributed by atoms with Gasteiger partial charge in [0.15, 0.2) is 0 Å². The third kappa shape index (κ3) is 3.49. The highest BCUT2D eigenvalue weighted by atomic mass is 16.5. The standard InChI is InChI=1S/C18H24N2O3/c1-23-15-10-8-14(9-11-15)19-17(21)16-7-4-12-20(16)18(22)13-5-2-3-6-13/h8-11,13,16H,2-7,12H2,1H3,(H,19,21)/t16-/m0/s1. The summed E-state index contributed by atoms with van der Waals surface area (Å²) < 4.78 is 5.11. The number of likely N-dealkylation sites (tertiary alicyclic amines) is 1. The Bertz CT molecular complexity index is 564. The van der Waals surface area contributed by atoms with Gasteiger partial charge in [-0.1, -0.05) is 12.8 Å². The van der Waals surface area contributed by atoms with Crippen molar-refractivity contribution in [1.29, 1.82) is 0 Å². The van der Waals surface area contributed by atoms with Gasteiger partial charge in [-0.05, 0) is 49.9 Å². The predicted octanol–water partition coefficient (Wildman–Crippen LogP) is 2.81. The van der Waals surface area contributed by atoms with E-state index in [1.807, 2.05) is 24.3 Å². The van der Waals surface area contributed by atoms with Crippen LogP contribution in [-0.4, -0.2) is 36.4 Å². The Kier molecular flexibility index (Phi) is 4.84. The number of methoxy groups -OCH3 is 1. The average Bonchev–Trinajstić information content (AvgIpc) is 3.26. The number of nitrogens with one attached hydrogen (secondary N) is 1. The summed E-state index contributed by atoms with van der Waals surface area (Å²) in [6, 6.07) is 6.92. The smallest absolute Gasteiger partial charge is 0.247 e. The Morgan fingerprint density at radius 2 is 1.78 bits per heavy atom. The van der Waals surface area contributed by atoms with Crippen molar-refractivity contribution in [2.24, 2.45) is 5.92 Å². The van der Waals surface area contributed by atoms with Crippen LogP contribution in [0.15, 0.2) is 24.3 Å². The lowest BCUT2D eigenvalue weighted by Gasteiger charge is -2.26. The van der Waals surface area contributed by atoms with Crippen LogP contribution >= 0.6 is 0 Å². The molecular formula is C18H24N2O3. The molecule has 5 heteroatoms. The van der Waals surface area contributed by atoms with E-state index in [2.05, 4.69) is 5.32 Å². The van der Waals surface area contributed by atoms with Crippen molar-refractivity contribution in [3.05, 3.63) is 24.3 Å². The second-order valence-electron chi connectivity index (χ2n) is 6.39. The molecule has 1 saturated carbocycles. The van der Waals surface area contributed by atoms with E-state index in [0.29, 0.717) is 6.54 Å². The van der Waals surface area contributed by atoms with Crippen molar-refractivity contribution < 1.29 is 14.3 Å². The molecule has 124 valence electrons. The van der Waals surface area contributed by atoms with Gasteiger partial charge in [0.1, 0.15) is 11.8 Å². The van der Waals surface area contributed by atoms with E-state index in [0.717, 1.165) is 50.0 Å². The summed E-state index contributed by atoms with van der Waals surface area (Å²) in [7, 11) is 1.61. The largest absolute Gasteiger partial charge is 0.497 e. The molecule has 3 rings (SSSR count). The molecule has 5 nitrogen and oxygen atoms in total. The second-order valence-corrected chi connectivity index (χ2v) is 6.39. The summed E-state index contributed by atoms with van der Waals surface area (Å²) in [5.74, 6) is 0.972. The number of carbonyl (C=O) groups is 2. The number of carbonyl (C=O) groups excluding carboxylic acids is 2. The zero-order valence-electron chi connectivity index (χ0n) is 13.6. The van der Waals surface area contributed by atoms with Gasteiger partial charge in [-0.3, -0.25) is 9.59 Å². The third-order valence-corrected chi connectivity index (χ3v) is 4.90. The van der Waals surface area contributed by atoms with Gasteiger partial charge in [0.2, 0.25) is 11.8 Å². The monoisotopic (exact) mass is 316 g/mol. The zero-order valence-corrected chi connectivity index (χ0v) is 13.6. The molecule has 1 atom stereocenters. The number of benzene rings is 1. The maximum atomic E-state index is 12.6. The number of hydrogen-bond donors (Lipinski definition) is 1. The molecule has 0 spiro atoms. The van der Waals surface area contributed by atoms with Gasteiger partial charge >= 0.3 is 0 Å². The van der Waals surface area contributed by atoms with E-state index < -0.39 is 0 Å². The quantitative estimate of drug-likeness (QED) is 0.929. The normalized spacial score (nSPS) is 21.4. The molecule has 0 bridgehead atoms. The van der Waals surface area contributed by atoms with E-state index in [1.165, 1.54) is 0 Å². The van der Waals surface area contributed by atoms with Crippen LogP contribution in [-0.2, 0) is 9.59 Å². The topological polar surface area (TPSA) is 58.6 Å². The Morgan fingerprint density at radius 1 is 1.09 bits per heavy atom. The molecule has 0 radical (unpaired) electrons. The first-order chi connectivity index (χ1) is 11.2. The van der Waals surface area contributed by atoms with Crippen LogP contribution in [0.1, 0.15) is 38.5 Å². The molecule has 1 aliphatic heterocycles. The van der Waals surface area contributed by atoms with Crippen molar-refractivity contribution in [3.8, 4) is 5.75 Å². The van der Waals surface area contributed by atoms with Crippen molar-refractivity contribution in [2.45, 2.75) is 44.6 Å². The third-order valence-electron chi connectivity index (χ3n) is 4.90. The number of amides is 2. The molecule has 1 aliphatic carbocycles. The Morgan fingerprint density at radius 3 is 2.43 bits per heavy atom. The van der Waals surface area contributed by atoms with E-state index >= 15 is 0 Å². The van der Waals surface area contributed by atoms with Crippen molar-refractivity contribution in [2.75, 3.05) is 19.0 Å². The first-order valence-electron chi connectivity index (χ1n) is 8.44. The van der Waals surface area contributed by atoms with Crippen molar-refractivity contribution >= 4 is 17.5 Å². The first kappa shape index (κ1) is 15.8. The lowest BCUT2D eigenvalue weighted by molar-refractivity contribution is -0.140. The lowest BCUT2D eigenvalue weighted by Crippen LogP contribution is -2.45. The van der Waals surface area contributed by atoms with Crippen LogP contribution in [0, 0.1) is 5.92 Å². The predicted molar refractivity (Wildman–Crippen MR) is 88.3 cm³/mol. The lowest BCUT2D eigenvalue weighted by atomic mass is 10.1. The van der Waals surface area contributed by atoms with Gasteiger partial charge in [0.25, 0.3) is 0 Å². The molecule has 2 aliphatic rings. The highest BCUT2D eigenvalue weighted by molar-refractivity contribution is 5.97. The minimum absolute atomic E-state index is 0.0842. The zero-order chi connectivity index (χ0) is 16.2. The minimum atomic E-state index is -0.329. The molecular weight excluding hydrogens is 292 g/mol. The molecule has 23 heavy (non-hydrogen) atoms. The molecule has 0 unspecified atom stereocenters. The summed E-state index contributed by atoms with van der Waals surface area (Å²) in [5.41, 5.74) is 0.732. The van der Waals surface area contributed by atoms with Crippen LogP contribution in [0.4, 0.5) is 5.69 Å². The Balaban J connectivity index is 1.64. The number of rotatable bonds is 4. The molecule has 1 aromatic rings. The highest BCUT2D eigenvalue weighted by Crippen LogP contribution is 2.30. The summed E-state index contributed by atoms with van der Waals surface area (Å²) in [4.78, 5) is 27.0. The number of nitrogens with zero attached hydrogens (tertiary/aromatic N) is 1. The molecule has 1 aromatic carbocycles. The SMILES string of the molecule is COc1ccc(NC(=O)[C@@H]2CCCN2C(=O)C2CCCC2)cc1. The van der Waals surface area contributed by atoms with Gasteiger partial charge in [-0.2, -0.15) is 0 Å². The minimum Gasteiger partial charge on any atom is -0.497 e. The fourth-order valence-electron chi connectivity index (χ4n) is 3.61. The van der Waals surface area contributed by atoms with E-state index in [-0.39, 0.29) is 23.8 Å². The highest BCUT2D eigenvalue weighted by Gasteiger charge is 2.37. The van der Waals surface area contributed by atoms with Gasteiger partial charge in [-0.15, -0.1) is 0 Å². The average molecular weight is 316 g/mol. The fraction of sp³-hybridized carbons (Fsp3) is 0.556. The second kappa shape index (κ2) is 7.02. The molecule has 2 fully saturated rings. The van der Waals surface area contributed by atoms with Gasteiger partial charge in [0, 0.05) is 18.2 Å². The van der Waals surface area contributed by atoms with E-state index in [1.54, 1.807) is 12.0 Å². The summed E-state index contributed by atoms with van der Waals surface area (Å²) >= 11 is 0. The van der Waals surface area contributed by atoms with E-state index in [9.17, 15) is 9.59 Å².